The van der Waals surface area contributed by atoms with Gasteiger partial charge in [0, 0.05) is 12.0 Å². The van der Waals surface area contributed by atoms with Gasteiger partial charge in [0.05, 0.1) is 10.2 Å². The zero-order valence-corrected chi connectivity index (χ0v) is 15.5. The van der Waals surface area contributed by atoms with Crippen molar-refractivity contribution >= 4 is 27.5 Å². The number of benzene rings is 2. The summed E-state index contributed by atoms with van der Waals surface area (Å²) in [5.74, 6) is 0.862. The van der Waals surface area contributed by atoms with Gasteiger partial charge in [-0.2, -0.15) is 0 Å². The van der Waals surface area contributed by atoms with E-state index in [0.717, 1.165) is 33.0 Å². The number of thiazole rings is 1. The van der Waals surface area contributed by atoms with Gasteiger partial charge < -0.3 is 14.2 Å². The maximum atomic E-state index is 12.0. The number of rotatable bonds is 5. The quantitative estimate of drug-likeness (QED) is 0.633. The molecule has 2 aromatic carbocycles. The standard InChI is InChI=1S/C20H19NO4S/c1-20(2)10-13-6-5-8-15(19(13)25-20)23-12-18(22)24-11-17-21-14-7-3-4-9-16(14)26-17/h3-9H,10-12H2,1-2H3. The number of para-hydroxylation sites is 2. The van der Waals surface area contributed by atoms with Crippen LogP contribution in [-0.4, -0.2) is 23.2 Å². The van der Waals surface area contributed by atoms with E-state index in [1.807, 2.05) is 50.2 Å². The fraction of sp³-hybridized carbons (Fsp3) is 0.300. The highest BCUT2D eigenvalue weighted by Gasteiger charge is 2.32. The molecule has 4 rings (SSSR count). The molecular weight excluding hydrogens is 350 g/mol. The van der Waals surface area contributed by atoms with Crippen LogP contribution in [0.25, 0.3) is 10.2 Å². The van der Waals surface area contributed by atoms with Gasteiger partial charge in [-0.3, -0.25) is 0 Å². The lowest BCUT2D eigenvalue weighted by molar-refractivity contribution is -0.147. The number of hydrogen-bond acceptors (Lipinski definition) is 6. The zero-order chi connectivity index (χ0) is 18.1. The van der Waals surface area contributed by atoms with E-state index in [1.54, 1.807) is 6.07 Å². The summed E-state index contributed by atoms with van der Waals surface area (Å²) in [4.78, 5) is 16.5. The third-order valence-electron chi connectivity index (χ3n) is 4.10. The van der Waals surface area contributed by atoms with E-state index < -0.39 is 5.97 Å². The lowest BCUT2D eigenvalue weighted by atomic mass is 10.0. The highest BCUT2D eigenvalue weighted by molar-refractivity contribution is 7.18. The predicted molar refractivity (Wildman–Crippen MR) is 99.8 cm³/mol. The first-order valence-corrected chi connectivity index (χ1v) is 9.26. The zero-order valence-electron chi connectivity index (χ0n) is 14.7. The average molecular weight is 369 g/mol. The molecule has 0 unspecified atom stereocenters. The van der Waals surface area contributed by atoms with Crippen LogP contribution in [0.5, 0.6) is 11.5 Å². The molecule has 26 heavy (non-hydrogen) atoms. The van der Waals surface area contributed by atoms with Crippen molar-refractivity contribution in [2.24, 2.45) is 0 Å². The van der Waals surface area contributed by atoms with Crippen molar-refractivity contribution in [3.63, 3.8) is 0 Å². The van der Waals surface area contributed by atoms with Crippen molar-refractivity contribution in [2.75, 3.05) is 6.61 Å². The maximum absolute atomic E-state index is 12.0. The first-order valence-electron chi connectivity index (χ1n) is 8.44. The molecule has 6 heteroatoms. The fourth-order valence-electron chi connectivity index (χ4n) is 3.00. The van der Waals surface area contributed by atoms with Crippen LogP contribution in [0, 0.1) is 0 Å². The van der Waals surface area contributed by atoms with Gasteiger partial charge in [-0.05, 0) is 32.0 Å². The normalized spacial score (nSPS) is 14.7. The van der Waals surface area contributed by atoms with Crippen molar-refractivity contribution in [1.82, 2.24) is 4.98 Å². The predicted octanol–water partition coefficient (Wildman–Crippen LogP) is 4.13. The van der Waals surface area contributed by atoms with Crippen LogP contribution in [0.2, 0.25) is 0 Å². The smallest absolute Gasteiger partial charge is 0.344 e. The van der Waals surface area contributed by atoms with Crippen LogP contribution in [0.1, 0.15) is 24.4 Å². The minimum absolute atomic E-state index is 0.151. The van der Waals surface area contributed by atoms with Crippen LogP contribution in [-0.2, 0) is 22.6 Å². The minimum atomic E-state index is -0.431. The number of fused-ring (bicyclic) bond motifs is 2. The molecule has 0 saturated heterocycles. The van der Waals surface area contributed by atoms with Crippen LogP contribution in [0.4, 0.5) is 0 Å². The van der Waals surface area contributed by atoms with E-state index in [4.69, 9.17) is 14.2 Å². The van der Waals surface area contributed by atoms with E-state index >= 15 is 0 Å². The largest absolute Gasteiger partial charge is 0.483 e. The molecule has 0 atom stereocenters. The lowest BCUT2D eigenvalue weighted by Gasteiger charge is -2.18. The Bertz CT molecular complexity index is 930. The number of ether oxygens (including phenoxy) is 3. The number of aromatic nitrogens is 1. The molecule has 5 nitrogen and oxygen atoms in total. The van der Waals surface area contributed by atoms with Gasteiger partial charge in [0.25, 0.3) is 0 Å². The van der Waals surface area contributed by atoms with Crippen LogP contribution < -0.4 is 9.47 Å². The second kappa shape index (κ2) is 6.61. The molecular formula is C20H19NO4S. The summed E-state index contributed by atoms with van der Waals surface area (Å²) in [5, 5.41) is 0.769. The number of carbonyl (C=O) groups is 1. The third kappa shape index (κ3) is 3.51. The molecule has 1 aromatic heterocycles. The van der Waals surface area contributed by atoms with Crippen molar-refractivity contribution in [3.8, 4) is 11.5 Å². The number of carbonyl (C=O) groups excluding carboxylic acids is 1. The Kier molecular flexibility index (Phi) is 4.28. The van der Waals surface area contributed by atoms with Crippen LogP contribution >= 0.6 is 11.3 Å². The van der Waals surface area contributed by atoms with Crippen molar-refractivity contribution in [3.05, 3.63) is 53.0 Å². The van der Waals surface area contributed by atoms with Gasteiger partial charge in [0.15, 0.2) is 18.1 Å². The first kappa shape index (κ1) is 16.8. The molecule has 0 fully saturated rings. The maximum Gasteiger partial charge on any atom is 0.344 e. The van der Waals surface area contributed by atoms with E-state index in [2.05, 4.69) is 4.98 Å². The Morgan fingerprint density at radius 2 is 2.08 bits per heavy atom. The number of hydrogen-bond donors (Lipinski definition) is 0. The van der Waals surface area contributed by atoms with E-state index in [0.29, 0.717) is 5.75 Å². The van der Waals surface area contributed by atoms with Crippen molar-refractivity contribution in [1.29, 1.82) is 0 Å². The van der Waals surface area contributed by atoms with E-state index in [9.17, 15) is 4.79 Å². The Morgan fingerprint density at radius 1 is 1.23 bits per heavy atom. The van der Waals surface area contributed by atoms with Gasteiger partial charge in [0.2, 0.25) is 0 Å². The Labute approximate surface area is 155 Å². The molecule has 0 saturated carbocycles. The van der Waals surface area contributed by atoms with E-state index in [-0.39, 0.29) is 18.8 Å². The molecule has 1 aliphatic rings. The van der Waals surface area contributed by atoms with Gasteiger partial charge in [-0.15, -0.1) is 11.3 Å². The van der Waals surface area contributed by atoms with Gasteiger partial charge in [-0.1, -0.05) is 24.3 Å². The summed E-state index contributed by atoms with van der Waals surface area (Å²) in [6, 6.07) is 13.6. The highest BCUT2D eigenvalue weighted by Crippen LogP contribution is 2.41. The summed E-state index contributed by atoms with van der Waals surface area (Å²) >= 11 is 1.52. The van der Waals surface area contributed by atoms with Crippen LogP contribution in [0.15, 0.2) is 42.5 Å². The van der Waals surface area contributed by atoms with Gasteiger partial charge in [0.1, 0.15) is 17.2 Å². The van der Waals surface area contributed by atoms with E-state index in [1.165, 1.54) is 11.3 Å². The first-order chi connectivity index (χ1) is 12.5. The Morgan fingerprint density at radius 3 is 2.92 bits per heavy atom. The van der Waals surface area contributed by atoms with Gasteiger partial charge >= 0.3 is 5.97 Å². The van der Waals surface area contributed by atoms with Crippen LogP contribution in [0.3, 0.4) is 0 Å². The molecule has 0 bridgehead atoms. The molecule has 0 aliphatic carbocycles. The second-order valence-electron chi connectivity index (χ2n) is 6.81. The van der Waals surface area contributed by atoms with Gasteiger partial charge in [-0.25, -0.2) is 9.78 Å². The fourth-order valence-corrected chi connectivity index (χ4v) is 3.88. The third-order valence-corrected chi connectivity index (χ3v) is 5.11. The topological polar surface area (TPSA) is 57.7 Å². The summed E-state index contributed by atoms with van der Waals surface area (Å²) < 4.78 is 17.9. The second-order valence-corrected chi connectivity index (χ2v) is 7.92. The highest BCUT2D eigenvalue weighted by atomic mass is 32.1. The Balaban J connectivity index is 1.34. The SMILES string of the molecule is CC1(C)Cc2cccc(OCC(=O)OCc3nc4ccccc4s3)c2O1. The number of esters is 1. The lowest BCUT2D eigenvalue weighted by Crippen LogP contribution is -2.24. The molecule has 134 valence electrons. The molecule has 2 heterocycles. The average Bonchev–Trinajstić information content (AvgIpc) is 3.16. The molecule has 0 spiro atoms. The summed E-state index contributed by atoms with van der Waals surface area (Å²) in [7, 11) is 0. The summed E-state index contributed by atoms with van der Waals surface area (Å²) in [5.41, 5.74) is 1.75. The molecule has 0 N–H and O–H groups in total. The molecule has 0 radical (unpaired) electrons. The summed E-state index contributed by atoms with van der Waals surface area (Å²) in [6.07, 6.45) is 0.821. The summed E-state index contributed by atoms with van der Waals surface area (Å²) in [6.45, 7) is 4.05. The molecule has 0 amide bonds. The monoisotopic (exact) mass is 369 g/mol. The molecule has 3 aromatic rings. The van der Waals surface area contributed by atoms with Crippen molar-refractivity contribution < 1.29 is 19.0 Å². The minimum Gasteiger partial charge on any atom is -0.483 e. The molecule has 1 aliphatic heterocycles. The number of nitrogens with zero attached hydrogens (tertiary/aromatic N) is 1. The van der Waals surface area contributed by atoms with Crippen molar-refractivity contribution in [2.45, 2.75) is 32.5 Å². The Hall–Kier alpha value is -2.60.